The van der Waals surface area contributed by atoms with E-state index in [-0.39, 0.29) is 25.2 Å². The summed E-state index contributed by atoms with van der Waals surface area (Å²) in [5.41, 5.74) is 0. The van der Waals surface area contributed by atoms with Crippen molar-refractivity contribution in [3.63, 3.8) is 0 Å². The molecule has 0 aromatic carbocycles. The third-order valence-electron chi connectivity index (χ3n) is 15.6. The first-order valence-corrected chi connectivity index (χ1v) is 34.3. The van der Waals surface area contributed by atoms with Gasteiger partial charge >= 0.3 is 11.9 Å². The zero-order chi connectivity index (χ0) is 55.5. The van der Waals surface area contributed by atoms with E-state index < -0.39 is 6.10 Å². The Morgan fingerprint density at radius 3 is 0.844 bits per heavy atom. The lowest BCUT2D eigenvalue weighted by molar-refractivity contribution is -0.161. The van der Waals surface area contributed by atoms with Gasteiger partial charge in [-0.1, -0.05) is 357 Å². The van der Waals surface area contributed by atoms with Crippen molar-refractivity contribution >= 4 is 11.9 Å². The van der Waals surface area contributed by atoms with E-state index in [4.69, 9.17) is 9.47 Å². The predicted octanol–water partition coefficient (Wildman–Crippen LogP) is 23.7. The molecule has 5 nitrogen and oxygen atoms in total. The molecule has 0 heterocycles. The molecule has 0 spiro atoms. The van der Waals surface area contributed by atoms with Gasteiger partial charge in [-0.15, -0.1) is 0 Å². The van der Waals surface area contributed by atoms with Crippen LogP contribution in [0.5, 0.6) is 0 Å². The van der Waals surface area contributed by atoms with Gasteiger partial charge in [0.1, 0.15) is 6.61 Å². The van der Waals surface area contributed by atoms with Crippen LogP contribution in [0, 0.1) is 0 Å². The predicted molar refractivity (Wildman–Crippen MR) is 339 cm³/mol. The maximum atomic E-state index is 12.4. The molecule has 0 bridgehead atoms. The minimum Gasteiger partial charge on any atom is -0.462 e. The van der Waals surface area contributed by atoms with Crippen molar-refractivity contribution in [2.45, 2.75) is 373 Å². The first-order valence-electron chi connectivity index (χ1n) is 34.3. The van der Waals surface area contributed by atoms with Crippen molar-refractivity contribution < 1.29 is 24.2 Å². The van der Waals surface area contributed by atoms with E-state index in [0.29, 0.717) is 12.8 Å². The van der Waals surface area contributed by atoms with Crippen LogP contribution in [0.15, 0.2) is 60.8 Å². The normalized spacial score (nSPS) is 12.5. The zero-order valence-electron chi connectivity index (χ0n) is 51.7. The number of carbonyl (C=O) groups is 2. The van der Waals surface area contributed by atoms with Crippen LogP contribution in [0.1, 0.15) is 367 Å². The zero-order valence-corrected chi connectivity index (χ0v) is 51.7. The Morgan fingerprint density at radius 2 is 0.558 bits per heavy atom. The molecule has 5 heteroatoms. The monoisotopic (exact) mass is 1080 g/mol. The highest BCUT2D eigenvalue weighted by molar-refractivity contribution is 5.70. The van der Waals surface area contributed by atoms with Crippen molar-refractivity contribution in [2.24, 2.45) is 0 Å². The van der Waals surface area contributed by atoms with E-state index in [1.54, 1.807) is 0 Å². The summed E-state index contributed by atoms with van der Waals surface area (Å²) in [6.07, 6.45) is 92.5. The van der Waals surface area contributed by atoms with Gasteiger partial charge in [0, 0.05) is 12.8 Å². The van der Waals surface area contributed by atoms with E-state index in [9.17, 15) is 14.7 Å². The van der Waals surface area contributed by atoms with Crippen LogP contribution in [-0.4, -0.2) is 36.4 Å². The molecule has 0 aliphatic carbocycles. The summed E-state index contributed by atoms with van der Waals surface area (Å²) in [5, 5.41) is 9.70. The molecule has 0 aliphatic rings. The molecule has 0 radical (unpaired) electrons. The van der Waals surface area contributed by atoms with Crippen LogP contribution in [0.4, 0.5) is 0 Å². The number of allylic oxidation sites excluding steroid dienone is 10. The smallest absolute Gasteiger partial charge is 0.306 e. The Hall–Kier alpha value is -2.40. The molecular formula is C72H132O5. The van der Waals surface area contributed by atoms with Crippen molar-refractivity contribution in [1.29, 1.82) is 0 Å². The van der Waals surface area contributed by atoms with Gasteiger partial charge in [0.25, 0.3) is 0 Å². The van der Waals surface area contributed by atoms with Crippen LogP contribution in [0.25, 0.3) is 0 Å². The number of aliphatic hydroxyl groups is 1. The fourth-order valence-corrected chi connectivity index (χ4v) is 10.5. The van der Waals surface area contributed by atoms with Crippen molar-refractivity contribution in [3.05, 3.63) is 60.8 Å². The summed E-state index contributed by atoms with van der Waals surface area (Å²) in [6, 6.07) is 0. The molecule has 450 valence electrons. The Morgan fingerprint density at radius 1 is 0.312 bits per heavy atom. The maximum Gasteiger partial charge on any atom is 0.306 e. The first kappa shape index (κ1) is 74.6. The number of aliphatic hydroxyl groups excluding tert-OH is 1. The van der Waals surface area contributed by atoms with Gasteiger partial charge in [-0.2, -0.15) is 0 Å². The van der Waals surface area contributed by atoms with Gasteiger partial charge < -0.3 is 14.6 Å². The lowest BCUT2D eigenvalue weighted by Gasteiger charge is -2.15. The molecule has 0 rings (SSSR count). The van der Waals surface area contributed by atoms with E-state index >= 15 is 0 Å². The standard InChI is InChI=1S/C72H132O5/c1-3-5-7-9-11-13-15-17-19-21-23-25-27-29-31-33-35-36-37-39-41-43-45-47-49-51-53-55-57-59-61-63-65-67-72(75)77-70(68-73)69-76-71(74)66-64-62-60-58-56-54-52-50-48-46-44-42-40-38-34-32-30-28-26-24-22-20-18-16-14-12-10-8-6-4-2/h5,7,11,13,17,19,23,25,29,31,70,73H,3-4,6,8-10,12,14-16,18,20-22,24,26-28,30,32-69H2,1-2H3/b7-5-,13-11-,19-17-,25-23-,31-29-. The molecule has 0 fully saturated rings. The summed E-state index contributed by atoms with van der Waals surface area (Å²) in [4.78, 5) is 24.6. The molecule has 0 aromatic rings. The quantitative estimate of drug-likeness (QED) is 0.0373. The van der Waals surface area contributed by atoms with Gasteiger partial charge in [0.2, 0.25) is 0 Å². The minimum atomic E-state index is -0.772. The second-order valence-electron chi connectivity index (χ2n) is 23.2. The minimum absolute atomic E-state index is 0.0609. The third-order valence-corrected chi connectivity index (χ3v) is 15.6. The fraction of sp³-hybridized carbons (Fsp3) is 0.833. The van der Waals surface area contributed by atoms with Crippen molar-refractivity contribution in [2.75, 3.05) is 13.2 Å². The number of rotatable bonds is 64. The first-order chi connectivity index (χ1) is 38.1. The molecule has 1 unspecified atom stereocenters. The molecule has 0 saturated carbocycles. The molecule has 0 aliphatic heterocycles. The second-order valence-corrected chi connectivity index (χ2v) is 23.2. The molecular weight excluding hydrogens is 945 g/mol. The van der Waals surface area contributed by atoms with E-state index in [2.05, 4.69) is 74.6 Å². The second kappa shape index (κ2) is 67.9. The average molecular weight is 1080 g/mol. The van der Waals surface area contributed by atoms with E-state index in [0.717, 1.165) is 64.2 Å². The van der Waals surface area contributed by atoms with E-state index in [1.807, 2.05) is 0 Å². The van der Waals surface area contributed by atoms with Gasteiger partial charge in [-0.25, -0.2) is 0 Å². The Kier molecular flexibility index (Phi) is 65.8. The number of unbranched alkanes of at least 4 members (excludes halogenated alkanes) is 46. The molecule has 0 saturated heterocycles. The van der Waals surface area contributed by atoms with Crippen LogP contribution in [0.2, 0.25) is 0 Å². The lowest BCUT2D eigenvalue weighted by Crippen LogP contribution is -2.28. The Balaban J connectivity index is 3.41. The van der Waals surface area contributed by atoms with Crippen LogP contribution < -0.4 is 0 Å². The summed E-state index contributed by atoms with van der Waals surface area (Å²) in [5.74, 6) is -0.570. The summed E-state index contributed by atoms with van der Waals surface area (Å²) >= 11 is 0. The highest BCUT2D eigenvalue weighted by Gasteiger charge is 2.16. The number of hydrogen-bond acceptors (Lipinski definition) is 5. The molecule has 77 heavy (non-hydrogen) atoms. The van der Waals surface area contributed by atoms with E-state index in [1.165, 1.54) is 276 Å². The molecule has 1 atom stereocenters. The van der Waals surface area contributed by atoms with Gasteiger partial charge in [-0.3, -0.25) is 9.59 Å². The lowest BCUT2D eigenvalue weighted by atomic mass is 10.0. The van der Waals surface area contributed by atoms with Crippen molar-refractivity contribution in [3.8, 4) is 0 Å². The van der Waals surface area contributed by atoms with Gasteiger partial charge in [0.15, 0.2) is 6.10 Å². The molecule has 1 N–H and O–H groups in total. The fourth-order valence-electron chi connectivity index (χ4n) is 10.5. The van der Waals surface area contributed by atoms with Crippen LogP contribution in [0.3, 0.4) is 0 Å². The SMILES string of the molecule is CC/C=C\C/C=C\C/C=C\C/C=C\C/C=C\CCCCCCCCCCCCCCCCCCCC(=O)OC(CO)COC(=O)CCCCCCCCCCCCCCCCCCCCCCCCCCCCCCCC. The summed E-state index contributed by atoms with van der Waals surface area (Å²) < 4.78 is 10.8. The maximum absolute atomic E-state index is 12.4. The molecule has 0 amide bonds. The largest absolute Gasteiger partial charge is 0.462 e. The Bertz CT molecular complexity index is 1310. The summed E-state index contributed by atoms with van der Waals surface area (Å²) in [7, 11) is 0. The highest BCUT2D eigenvalue weighted by atomic mass is 16.6. The van der Waals surface area contributed by atoms with Gasteiger partial charge in [0.05, 0.1) is 6.61 Å². The van der Waals surface area contributed by atoms with Crippen molar-refractivity contribution in [1.82, 2.24) is 0 Å². The third kappa shape index (κ3) is 66.0. The topological polar surface area (TPSA) is 72.8 Å². The molecule has 0 aromatic heterocycles. The Labute approximate surface area is 481 Å². The van der Waals surface area contributed by atoms with Crippen LogP contribution in [-0.2, 0) is 19.1 Å². The number of carbonyl (C=O) groups excluding carboxylic acids is 2. The summed E-state index contributed by atoms with van der Waals surface area (Å²) in [6.45, 7) is 4.08. The average Bonchev–Trinajstić information content (AvgIpc) is 3.43. The number of hydrogen-bond donors (Lipinski definition) is 1. The van der Waals surface area contributed by atoms with Crippen LogP contribution >= 0.6 is 0 Å². The number of ether oxygens (including phenoxy) is 2. The highest BCUT2D eigenvalue weighted by Crippen LogP contribution is 2.19. The number of esters is 2. The van der Waals surface area contributed by atoms with Gasteiger partial charge in [-0.05, 0) is 57.8 Å².